The Morgan fingerprint density at radius 3 is 2.80 bits per heavy atom. The second-order valence-corrected chi connectivity index (χ2v) is 6.13. The first kappa shape index (κ1) is 15.2. The molecule has 106 valence electrons. The SMILES string of the molecule is CCc1ccsc1CNCc1cccc([N+](=O)[O-])c1Br. The van der Waals surface area contributed by atoms with Crippen LogP contribution in [0.1, 0.15) is 22.9 Å². The highest BCUT2D eigenvalue weighted by molar-refractivity contribution is 9.10. The van der Waals surface area contributed by atoms with Crippen molar-refractivity contribution in [2.75, 3.05) is 0 Å². The molecule has 0 radical (unpaired) electrons. The topological polar surface area (TPSA) is 55.2 Å². The number of nitro benzene ring substituents is 1. The van der Waals surface area contributed by atoms with Crippen LogP contribution in [-0.2, 0) is 19.5 Å². The summed E-state index contributed by atoms with van der Waals surface area (Å²) in [6.07, 6.45) is 1.03. The first-order valence-electron chi connectivity index (χ1n) is 6.31. The van der Waals surface area contributed by atoms with Crippen LogP contribution in [0, 0.1) is 10.1 Å². The smallest absolute Gasteiger partial charge is 0.283 e. The van der Waals surface area contributed by atoms with Crippen LogP contribution < -0.4 is 5.32 Å². The molecule has 0 saturated heterocycles. The molecule has 0 bridgehead atoms. The van der Waals surface area contributed by atoms with E-state index in [2.05, 4.69) is 39.6 Å². The highest BCUT2D eigenvalue weighted by atomic mass is 79.9. The van der Waals surface area contributed by atoms with E-state index in [4.69, 9.17) is 0 Å². The van der Waals surface area contributed by atoms with Gasteiger partial charge in [-0.1, -0.05) is 19.1 Å². The largest absolute Gasteiger partial charge is 0.308 e. The molecule has 1 aromatic carbocycles. The Bertz CT molecular complexity index is 613. The number of hydrogen-bond donors (Lipinski definition) is 1. The van der Waals surface area contributed by atoms with Gasteiger partial charge in [0, 0.05) is 24.0 Å². The Morgan fingerprint density at radius 2 is 2.10 bits per heavy atom. The molecule has 0 amide bonds. The molecule has 0 aliphatic heterocycles. The van der Waals surface area contributed by atoms with Gasteiger partial charge in [0.15, 0.2) is 0 Å². The number of nitrogens with one attached hydrogen (secondary N) is 1. The second-order valence-electron chi connectivity index (χ2n) is 4.33. The van der Waals surface area contributed by atoms with Crippen LogP contribution in [0.5, 0.6) is 0 Å². The molecule has 0 fully saturated rings. The minimum Gasteiger partial charge on any atom is -0.308 e. The van der Waals surface area contributed by atoms with E-state index in [0.717, 1.165) is 18.5 Å². The van der Waals surface area contributed by atoms with E-state index in [-0.39, 0.29) is 10.6 Å². The zero-order valence-corrected chi connectivity index (χ0v) is 13.5. The maximum atomic E-state index is 10.9. The van der Waals surface area contributed by atoms with Gasteiger partial charge in [0.1, 0.15) is 0 Å². The standard InChI is InChI=1S/C14H15BrN2O2S/c1-2-10-6-7-20-13(10)9-16-8-11-4-3-5-12(14(11)15)17(18)19/h3-7,16H,2,8-9H2,1H3. The third-order valence-electron chi connectivity index (χ3n) is 3.07. The van der Waals surface area contributed by atoms with E-state index in [1.165, 1.54) is 16.5 Å². The number of aryl methyl sites for hydroxylation is 1. The van der Waals surface area contributed by atoms with Crippen molar-refractivity contribution >= 4 is 33.0 Å². The van der Waals surface area contributed by atoms with E-state index in [0.29, 0.717) is 11.0 Å². The quantitative estimate of drug-likeness (QED) is 0.622. The van der Waals surface area contributed by atoms with Crippen molar-refractivity contribution in [3.05, 3.63) is 60.2 Å². The minimum atomic E-state index is -0.373. The summed E-state index contributed by atoms with van der Waals surface area (Å²) in [5.74, 6) is 0. The monoisotopic (exact) mass is 354 g/mol. The maximum Gasteiger partial charge on any atom is 0.283 e. The molecule has 0 aliphatic carbocycles. The van der Waals surface area contributed by atoms with Gasteiger partial charge in [-0.2, -0.15) is 0 Å². The van der Waals surface area contributed by atoms with Crippen molar-refractivity contribution in [1.82, 2.24) is 5.32 Å². The predicted molar refractivity (Wildman–Crippen MR) is 85.0 cm³/mol. The van der Waals surface area contributed by atoms with Gasteiger partial charge in [-0.3, -0.25) is 10.1 Å². The van der Waals surface area contributed by atoms with E-state index in [1.807, 2.05) is 6.07 Å². The molecule has 1 N–H and O–H groups in total. The number of thiophene rings is 1. The summed E-state index contributed by atoms with van der Waals surface area (Å²) in [5, 5.41) is 16.3. The fraction of sp³-hybridized carbons (Fsp3) is 0.286. The first-order valence-corrected chi connectivity index (χ1v) is 7.98. The molecule has 0 aliphatic rings. The Labute approximate surface area is 130 Å². The van der Waals surface area contributed by atoms with E-state index in [9.17, 15) is 10.1 Å². The molecular weight excluding hydrogens is 340 g/mol. The summed E-state index contributed by atoms with van der Waals surface area (Å²) in [6, 6.07) is 7.24. The van der Waals surface area contributed by atoms with Crippen LogP contribution in [0.15, 0.2) is 34.1 Å². The molecule has 0 unspecified atom stereocenters. The number of nitrogens with zero attached hydrogens (tertiary/aromatic N) is 1. The van der Waals surface area contributed by atoms with Crippen LogP contribution in [0.2, 0.25) is 0 Å². The summed E-state index contributed by atoms with van der Waals surface area (Å²) in [4.78, 5) is 11.8. The van der Waals surface area contributed by atoms with Crippen molar-refractivity contribution < 1.29 is 4.92 Å². The average molecular weight is 355 g/mol. The number of nitro groups is 1. The molecule has 1 aromatic heterocycles. The van der Waals surface area contributed by atoms with Crippen LogP contribution in [-0.4, -0.2) is 4.92 Å². The molecule has 0 atom stereocenters. The minimum absolute atomic E-state index is 0.106. The first-order chi connectivity index (χ1) is 9.63. The van der Waals surface area contributed by atoms with E-state index < -0.39 is 0 Å². The summed E-state index contributed by atoms with van der Waals surface area (Å²) >= 11 is 5.05. The molecule has 6 heteroatoms. The van der Waals surface area contributed by atoms with Crippen LogP contribution in [0.3, 0.4) is 0 Å². The zero-order chi connectivity index (χ0) is 14.5. The fourth-order valence-corrected chi connectivity index (χ4v) is 3.49. The number of halogens is 1. The van der Waals surface area contributed by atoms with Gasteiger partial charge < -0.3 is 5.32 Å². The number of rotatable bonds is 6. The molecule has 4 nitrogen and oxygen atoms in total. The third kappa shape index (κ3) is 3.45. The van der Waals surface area contributed by atoms with Crippen molar-refractivity contribution in [3.8, 4) is 0 Å². The number of hydrogen-bond acceptors (Lipinski definition) is 4. The van der Waals surface area contributed by atoms with Crippen molar-refractivity contribution in [1.29, 1.82) is 0 Å². The molecule has 0 saturated carbocycles. The van der Waals surface area contributed by atoms with E-state index >= 15 is 0 Å². The molecular formula is C14H15BrN2O2S. The van der Waals surface area contributed by atoms with Gasteiger partial charge in [0.25, 0.3) is 5.69 Å². The Kier molecular flexibility index (Phi) is 5.28. The van der Waals surface area contributed by atoms with Crippen LogP contribution in [0.25, 0.3) is 0 Å². The van der Waals surface area contributed by atoms with Crippen molar-refractivity contribution in [2.24, 2.45) is 0 Å². The highest BCUT2D eigenvalue weighted by Gasteiger charge is 2.14. The fourth-order valence-electron chi connectivity index (χ4n) is 1.99. The Hall–Kier alpha value is -1.24. The molecule has 20 heavy (non-hydrogen) atoms. The van der Waals surface area contributed by atoms with Crippen molar-refractivity contribution in [2.45, 2.75) is 26.4 Å². The third-order valence-corrected chi connectivity index (χ3v) is 4.95. The Morgan fingerprint density at radius 1 is 1.30 bits per heavy atom. The van der Waals surface area contributed by atoms with Gasteiger partial charge in [-0.15, -0.1) is 11.3 Å². The van der Waals surface area contributed by atoms with E-state index in [1.54, 1.807) is 17.4 Å². The summed E-state index contributed by atoms with van der Waals surface area (Å²) < 4.78 is 0.555. The lowest BCUT2D eigenvalue weighted by Gasteiger charge is -2.07. The second kappa shape index (κ2) is 6.97. The lowest BCUT2D eigenvalue weighted by atomic mass is 10.2. The highest BCUT2D eigenvalue weighted by Crippen LogP contribution is 2.28. The summed E-state index contributed by atoms with van der Waals surface area (Å²) in [6.45, 7) is 3.53. The number of benzene rings is 1. The van der Waals surface area contributed by atoms with Crippen LogP contribution >= 0.6 is 27.3 Å². The maximum absolute atomic E-state index is 10.9. The van der Waals surface area contributed by atoms with Gasteiger partial charge in [-0.25, -0.2) is 0 Å². The lowest BCUT2D eigenvalue weighted by Crippen LogP contribution is -2.13. The Balaban J connectivity index is 2.01. The van der Waals surface area contributed by atoms with Gasteiger partial charge in [0.2, 0.25) is 0 Å². The zero-order valence-electron chi connectivity index (χ0n) is 11.1. The van der Waals surface area contributed by atoms with Gasteiger partial charge in [0.05, 0.1) is 9.40 Å². The summed E-state index contributed by atoms with van der Waals surface area (Å²) in [7, 11) is 0. The van der Waals surface area contributed by atoms with Gasteiger partial charge >= 0.3 is 0 Å². The molecule has 0 spiro atoms. The predicted octanol–water partition coefficient (Wildman–Crippen LogP) is 4.27. The summed E-state index contributed by atoms with van der Waals surface area (Å²) in [5.41, 5.74) is 2.36. The van der Waals surface area contributed by atoms with Gasteiger partial charge in [-0.05, 0) is 44.9 Å². The molecule has 1 heterocycles. The average Bonchev–Trinajstić information content (AvgIpc) is 2.88. The van der Waals surface area contributed by atoms with Crippen molar-refractivity contribution in [3.63, 3.8) is 0 Å². The molecule has 2 aromatic rings. The lowest BCUT2D eigenvalue weighted by molar-refractivity contribution is -0.385. The normalized spacial score (nSPS) is 10.7. The van der Waals surface area contributed by atoms with Crippen LogP contribution in [0.4, 0.5) is 5.69 Å². The molecule has 2 rings (SSSR count).